The van der Waals surface area contributed by atoms with Crippen molar-refractivity contribution in [1.29, 1.82) is 0 Å². The highest BCUT2D eigenvalue weighted by atomic mass is 32.2. The van der Waals surface area contributed by atoms with Crippen LogP contribution in [-0.2, 0) is 14.6 Å². The molecule has 6 heteroatoms. The Morgan fingerprint density at radius 2 is 1.93 bits per heavy atom. The summed E-state index contributed by atoms with van der Waals surface area (Å²) >= 11 is 0. The summed E-state index contributed by atoms with van der Waals surface area (Å²) in [7, 11) is -2.98. The Morgan fingerprint density at radius 1 is 1.29 bits per heavy atom. The average Bonchev–Trinajstić information content (AvgIpc) is 2.02. The smallest absolute Gasteiger partial charge is 0.233 e. The highest BCUT2D eigenvalue weighted by molar-refractivity contribution is 7.90. The lowest BCUT2D eigenvalue weighted by atomic mass is 10.4. The van der Waals surface area contributed by atoms with Gasteiger partial charge in [-0.2, -0.15) is 0 Å². The molecule has 0 unspecified atom stereocenters. The summed E-state index contributed by atoms with van der Waals surface area (Å²) in [6, 6.07) is 0. The van der Waals surface area contributed by atoms with Crippen molar-refractivity contribution >= 4 is 15.7 Å². The monoisotopic (exact) mass is 222 g/mol. The molecule has 2 N–H and O–H groups in total. The summed E-state index contributed by atoms with van der Waals surface area (Å²) in [6.45, 7) is 3.23. The number of nitrogens with one attached hydrogen (secondary N) is 2. The summed E-state index contributed by atoms with van der Waals surface area (Å²) in [6.07, 6.45) is 2.12. The van der Waals surface area contributed by atoms with E-state index in [0.717, 1.165) is 19.2 Å². The molecule has 0 rings (SSSR count). The molecule has 0 radical (unpaired) electrons. The largest absolute Gasteiger partial charge is 0.354 e. The van der Waals surface area contributed by atoms with E-state index in [1.807, 2.05) is 6.92 Å². The molecule has 0 saturated carbocycles. The molecule has 0 spiro atoms. The van der Waals surface area contributed by atoms with Gasteiger partial charge in [0.1, 0.15) is 9.84 Å². The van der Waals surface area contributed by atoms with Crippen molar-refractivity contribution in [2.45, 2.75) is 13.3 Å². The predicted octanol–water partition coefficient (Wildman–Crippen LogP) is -0.853. The Morgan fingerprint density at radius 3 is 2.43 bits per heavy atom. The maximum atomic E-state index is 11.0. The van der Waals surface area contributed by atoms with Crippen molar-refractivity contribution in [2.75, 3.05) is 31.6 Å². The highest BCUT2D eigenvalue weighted by Gasteiger charge is 2.03. The first-order valence-electron chi connectivity index (χ1n) is 4.61. The number of amides is 1. The van der Waals surface area contributed by atoms with E-state index in [0.29, 0.717) is 0 Å². The molecule has 0 atom stereocenters. The second kappa shape index (κ2) is 6.78. The van der Waals surface area contributed by atoms with Crippen LogP contribution in [0, 0.1) is 0 Å². The maximum Gasteiger partial charge on any atom is 0.233 e. The molecule has 0 bridgehead atoms. The third-order valence-electron chi connectivity index (χ3n) is 1.51. The fourth-order valence-electron chi connectivity index (χ4n) is 0.817. The maximum absolute atomic E-state index is 11.0. The molecule has 5 nitrogen and oxygen atoms in total. The zero-order valence-electron chi connectivity index (χ0n) is 8.67. The van der Waals surface area contributed by atoms with Gasteiger partial charge in [-0.05, 0) is 13.0 Å². The van der Waals surface area contributed by atoms with Gasteiger partial charge in [0.15, 0.2) is 0 Å². The molecule has 1 amide bonds. The van der Waals surface area contributed by atoms with Crippen LogP contribution in [0.4, 0.5) is 0 Å². The molecular weight excluding hydrogens is 204 g/mol. The van der Waals surface area contributed by atoms with Crippen molar-refractivity contribution in [1.82, 2.24) is 10.6 Å². The first-order valence-corrected chi connectivity index (χ1v) is 6.67. The van der Waals surface area contributed by atoms with Crippen LogP contribution in [0.15, 0.2) is 0 Å². The topological polar surface area (TPSA) is 75.3 Å². The number of hydrogen-bond acceptors (Lipinski definition) is 4. The van der Waals surface area contributed by atoms with Crippen LogP contribution in [0.1, 0.15) is 13.3 Å². The van der Waals surface area contributed by atoms with Gasteiger partial charge >= 0.3 is 0 Å². The lowest BCUT2D eigenvalue weighted by molar-refractivity contribution is -0.120. The number of carbonyl (C=O) groups is 1. The van der Waals surface area contributed by atoms with Crippen molar-refractivity contribution in [3.63, 3.8) is 0 Å². The van der Waals surface area contributed by atoms with Crippen molar-refractivity contribution in [2.24, 2.45) is 0 Å². The van der Waals surface area contributed by atoms with Gasteiger partial charge in [0.2, 0.25) is 5.91 Å². The number of hydrogen-bond donors (Lipinski definition) is 2. The fraction of sp³-hybridized carbons (Fsp3) is 0.875. The molecular formula is C8H18N2O3S. The van der Waals surface area contributed by atoms with Crippen molar-refractivity contribution < 1.29 is 13.2 Å². The van der Waals surface area contributed by atoms with E-state index < -0.39 is 9.84 Å². The van der Waals surface area contributed by atoms with Gasteiger partial charge < -0.3 is 10.6 Å². The molecule has 0 fully saturated rings. The zero-order chi connectivity index (χ0) is 11.0. The molecule has 84 valence electrons. The van der Waals surface area contributed by atoms with Gasteiger partial charge in [-0.3, -0.25) is 4.79 Å². The van der Waals surface area contributed by atoms with Gasteiger partial charge in [-0.1, -0.05) is 6.92 Å². The van der Waals surface area contributed by atoms with E-state index >= 15 is 0 Å². The zero-order valence-corrected chi connectivity index (χ0v) is 9.49. The second-order valence-corrected chi connectivity index (χ2v) is 5.42. The molecule has 0 heterocycles. The normalized spacial score (nSPS) is 11.3. The van der Waals surface area contributed by atoms with Crippen LogP contribution >= 0.6 is 0 Å². The minimum Gasteiger partial charge on any atom is -0.354 e. The third-order valence-corrected chi connectivity index (χ3v) is 2.45. The number of rotatable bonds is 7. The standard InChI is InChI=1S/C8H18N2O3S/c1-3-4-9-7-8(11)10-5-6-14(2,12)13/h9H,3-7H2,1-2H3,(H,10,11). The lowest BCUT2D eigenvalue weighted by Gasteiger charge is -2.04. The molecule has 14 heavy (non-hydrogen) atoms. The summed E-state index contributed by atoms with van der Waals surface area (Å²) in [5.41, 5.74) is 0. The predicted molar refractivity (Wildman–Crippen MR) is 55.9 cm³/mol. The van der Waals surface area contributed by atoms with Crippen molar-refractivity contribution in [3.05, 3.63) is 0 Å². The molecule has 0 saturated heterocycles. The molecule has 0 aromatic rings. The number of sulfone groups is 1. The second-order valence-electron chi connectivity index (χ2n) is 3.16. The molecule has 0 aliphatic carbocycles. The Labute approximate surface area is 85.2 Å². The van der Waals surface area contributed by atoms with Crippen LogP contribution < -0.4 is 10.6 Å². The Bertz CT molecular complexity index is 262. The molecule has 0 aliphatic rings. The van der Waals surface area contributed by atoms with Gasteiger partial charge in [0.05, 0.1) is 12.3 Å². The Hall–Kier alpha value is -0.620. The van der Waals surface area contributed by atoms with Gasteiger partial charge in [-0.15, -0.1) is 0 Å². The Kier molecular flexibility index (Phi) is 6.48. The molecule has 0 aromatic heterocycles. The van der Waals surface area contributed by atoms with Crippen molar-refractivity contribution in [3.8, 4) is 0 Å². The molecule has 0 aromatic carbocycles. The SMILES string of the molecule is CCCNCC(=O)NCCS(C)(=O)=O. The summed E-state index contributed by atoms with van der Waals surface area (Å²) in [4.78, 5) is 11.0. The van der Waals surface area contributed by atoms with Gasteiger partial charge in [-0.25, -0.2) is 8.42 Å². The summed E-state index contributed by atoms with van der Waals surface area (Å²) < 4.78 is 21.4. The van der Waals surface area contributed by atoms with Crippen LogP contribution in [0.25, 0.3) is 0 Å². The van der Waals surface area contributed by atoms with E-state index in [1.165, 1.54) is 0 Å². The van der Waals surface area contributed by atoms with Crippen LogP contribution in [0.2, 0.25) is 0 Å². The summed E-state index contributed by atoms with van der Waals surface area (Å²) in [5.74, 6) is -0.172. The fourth-order valence-corrected chi connectivity index (χ4v) is 1.29. The van der Waals surface area contributed by atoms with E-state index in [1.54, 1.807) is 0 Å². The first-order chi connectivity index (χ1) is 6.45. The van der Waals surface area contributed by atoms with Gasteiger partial charge in [0.25, 0.3) is 0 Å². The van der Waals surface area contributed by atoms with E-state index in [4.69, 9.17) is 0 Å². The van der Waals surface area contributed by atoms with Crippen LogP contribution in [0.3, 0.4) is 0 Å². The average molecular weight is 222 g/mol. The highest BCUT2D eigenvalue weighted by Crippen LogP contribution is 1.79. The number of carbonyl (C=O) groups excluding carboxylic acids is 1. The Balaban J connectivity index is 3.45. The van der Waals surface area contributed by atoms with Gasteiger partial charge in [0, 0.05) is 12.8 Å². The summed E-state index contributed by atoms with van der Waals surface area (Å²) in [5, 5.41) is 5.44. The van der Waals surface area contributed by atoms with Crippen LogP contribution in [0.5, 0.6) is 0 Å². The minimum absolute atomic E-state index is 0.00742. The quantitative estimate of drug-likeness (QED) is 0.550. The van der Waals surface area contributed by atoms with E-state index in [2.05, 4.69) is 10.6 Å². The van der Waals surface area contributed by atoms with E-state index in [-0.39, 0.29) is 24.7 Å². The minimum atomic E-state index is -2.98. The van der Waals surface area contributed by atoms with Crippen LogP contribution in [-0.4, -0.2) is 46.0 Å². The van der Waals surface area contributed by atoms with E-state index in [9.17, 15) is 13.2 Å². The first kappa shape index (κ1) is 13.4. The molecule has 0 aliphatic heterocycles. The third kappa shape index (κ3) is 9.47. The lowest BCUT2D eigenvalue weighted by Crippen LogP contribution is -2.36.